The smallest absolute Gasteiger partial charge is 0.201 e. The fourth-order valence-electron chi connectivity index (χ4n) is 5.20. The Morgan fingerprint density at radius 2 is 1.96 bits per heavy atom. The van der Waals surface area contributed by atoms with Gasteiger partial charge in [0.25, 0.3) is 0 Å². The summed E-state index contributed by atoms with van der Waals surface area (Å²) in [4.78, 5) is 2.41. The predicted octanol–water partition coefficient (Wildman–Crippen LogP) is 2.87. The highest BCUT2D eigenvalue weighted by Crippen LogP contribution is 2.49. The maximum absolute atomic E-state index is 11.7. The van der Waals surface area contributed by atoms with Gasteiger partial charge in [0.05, 0.1) is 17.0 Å². The van der Waals surface area contributed by atoms with Crippen LogP contribution in [0.4, 0.5) is 5.69 Å². The largest absolute Gasteiger partial charge is 0.385 e. The molecule has 0 spiro atoms. The van der Waals surface area contributed by atoms with Gasteiger partial charge in [-0.2, -0.15) is 9.61 Å². The van der Waals surface area contributed by atoms with Gasteiger partial charge in [0.1, 0.15) is 6.33 Å². The molecule has 1 N–H and O–H groups in total. The Morgan fingerprint density at radius 1 is 1.15 bits per heavy atom. The summed E-state index contributed by atoms with van der Waals surface area (Å²) >= 11 is 0. The normalized spacial score (nSPS) is 27.9. The Kier molecular flexibility index (Phi) is 3.72. The summed E-state index contributed by atoms with van der Waals surface area (Å²) in [6, 6.07) is 10.2. The molecule has 2 aromatic heterocycles. The molecular weight excluding hydrogens is 338 g/mol. The standard InChI is InChI=1S/C21H25N5O/c1-14-15(2)24-26-13-22-23-20(26)19(14)25-11-16-7-6-10-21(27,18(16)12-25)17-8-4-3-5-9-17/h3-5,8-9,13,16,18,27H,6-7,10-12H2,1-2H3/t16-,18+,21+/m0/s1. The molecule has 1 saturated heterocycles. The van der Waals surface area contributed by atoms with Gasteiger partial charge in [-0.3, -0.25) is 0 Å². The monoisotopic (exact) mass is 363 g/mol. The van der Waals surface area contributed by atoms with E-state index >= 15 is 0 Å². The molecule has 3 aromatic rings. The lowest BCUT2D eigenvalue weighted by molar-refractivity contribution is -0.0631. The van der Waals surface area contributed by atoms with Crippen molar-refractivity contribution in [3.63, 3.8) is 0 Å². The van der Waals surface area contributed by atoms with Gasteiger partial charge in [-0.05, 0) is 50.2 Å². The minimum Gasteiger partial charge on any atom is -0.385 e. The zero-order valence-corrected chi connectivity index (χ0v) is 15.8. The van der Waals surface area contributed by atoms with Crippen LogP contribution >= 0.6 is 0 Å². The fourth-order valence-corrected chi connectivity index (χ4v) is 5.20. The molecule has 6 nitrogen and oxygen atoms in total. The molecule has 0 unspecified atom stereocenters. The summed E-state index contributed by atoms with van der Waals surface area (Å²) < 4.78 is 1.77. The predicted molar refractivity (Wildman–Crippen MR) is 104 cm³/mol. The van der Waals surface area contributed by atoms with E-state index in [2.05, 4.69) is 39.3 Å². The molecule has 3 heterocycles. The van der Waals surface area contributed by atoms with Crippen molar-refractivity contribution in [2.24, 2.45) is 11.8 Å². The molecule has 5 rings (SSSR count). The number of rotatable bonds is 2. The Balaban J connectivity index is 1.56. The summed E-state index contributed by atoms with van der Waals surface area (Å²) in [6.45, 7) is 5.93. The number of anilines is 1. The van der Waals surface area contributed by atoms with Gasteiger partial charge in [0.15, 0.2) is 0 Å². The van der Waals surface area contributed by atoms with E-state index in [0.29, 0.717) is 5.92 Å². The highest BCUT2D eigenvalue weighted by Gasteiger charge is 2.50. The third-order valence-corrected chi connectivity index (χ3v) is 6.68. The van der Waals surface area contributed by atoms with E-state index in [1.807, 2.05) is 25.1 Å². The van der Waals surface area contributed by atoms with Crippen molar-refractivity contribution in [1.82, 2.24) is 19.8 Å². The Hall–Kier alpha value is -2.47. The van der Waals surface area contributed by atoms with Crippen LogP contribution in [-0.4, -0.2) is 38.0 Å². The minimum atomic E-state index is -0.751. The number of hydrogen-bond acceptors (Lipinski definition) is 5. The molecule has 140 valence electrons. The molecule has 1 aliphatic heterocycles. The Morgan fingerprint density at radius 3 is 2.78 bits per heavy atom. The molecule has 2 aliphatic rings. The van der Waals surface area contributed by atoms with E-state index in [1.165, 1.54) is 6.42 Å². The lowest BCUT2D eigenvalue weighted by Gasteiger charge is -2.41. The zero-order valence-electron chi connectivity index (χ0n) is 15.8. The van der Waals surface area contributed by atoms with Crippen LogP contribution in [0.3, 0.4) is 0 Å². The summed E-state index contributed by atoms with van der Waals surface area (Å²) in [6.07, 6.45) is 4.73. The van der Waals surface area contributed by atoms with E-state index in [4.69, 9.17) is 0 Å². The molecule has 0 radical (unpaired) electrons. The zero-order chi connectivity index (χ0) is 18.6. The van der Waals surface area contributed by atoms with Crippen molar-refractivity contribution in [1.29, 1.82) is 0 Å². The molecule has 2 fully saturated rings. The van der Waals surface area contributed by atoms with Gasteiger partial charge in [-0.25, -0.2) is 0 Å². The van der Waals surface area contributed by atoms with Gasteiger partial charge in [0.2, 0.25) is 5.65 Å². The molecule has 0 bridgehead atoms. The van der Waals surface area contributed by atoms with Crippen molar-refractivity contribution in [2.45, 2.75) is 38.7 Å². The minimum absolute atomic E-state index is 0.226. The van der Waals surface area contributed by atoms with Gasteiger partial charge < -0.3 is 10.0 Å². The first-order chi connectivity index (χ1) is 13.1. The summed E-state index contributed by atoms with van der Waals surface area (Å²) in [7, 11) is 0. The highest BCUT2D eigenvalue weighted by molar-refractivity contribution is 5.73. The first-order valence-electron chi connectivity index (χ1n) is 9.78. The molecule has 1 saturated carbocycles. The average molecular weight is 363 g/mol. The third kappa shape index (κ3) is 2.46. The quantitative estimate of drug-likeness (QED) is 0.758. The van der Waals surface area contributed by atoms with E-state index in [0.717, 1.165) is 54.1 Å². The Labute approximate surface area is 158 Å². The van der Waals surface area contributed by atoms with Crippen LogP contribution in [0.1, 0.15) is 36.1 Å². The van der Waals surface area contributed by atoms with Crippen molar-refractivity contribution in [3.8, 4) is 0 Å². The number of aliphatic hydroxyl groups is 1. The number of fused-ring (bicyclic) bond motifs is 2. The number of benzene rings is 1. The summed E-state index contributed by atoms with van der Waals surface area (Å²) in [5.41, 5.74) is 4.36. The van der Waals surface area contributed by atoms with Crippen LogP contribution in [0, 0.1) is 25.7 Å². The molecule has 1 aliphatic carbocycles. The third-order valence-electron chi connectivity index (χ3n) is 6.68. The topological polar surface area (TPSA) is 66.5 Å². The molecule has 1 aromatic carbocycles. The van der Waals surface area contributed by atoms with E-state index in [-0.39, 0.29) is 5.92 Å². The van der Waals surface area contributed by atoms with Crippen molar-refractivity contribution in [2.75, 3.05) is 18.0 Å². The van der Waals surface area contributed by atoms with Crippen LogP contribution in [0.2, 0.25) is 0 Å². The number of hydrogen-bond donors (Lipinski definition) is 1. The van der Waals surface area contributed by atoms with Crippen LogP contribution in [-0.2, 0) is 5.60 Å². The highest BCUT2D eigenvalue weighted by atomic mass is 16.3. The SMILES string of the molecule is Cc1nn2cnnc2c(N2C[C@@H]3CCC[C@@](O)(c4ccccc4)[C@@H]3C2)c1C. The second-order valence-electron chi connectivity index (χ2n) is 8.11. The van der Waals surface area contributed by atoms with Crippen LogP contribution in [0.25, 0.3) is 5.65 Å². The maximum atomic E-state index is 11.7. The van der Waals surface area contributed by atoms with E-state index in [9.17, 15) is 5.11 Å². The lowest BCUT2D eigenvalue weighted by Crippen LogP contribution is -2.42. The molecule has 3 atom stereocenters. The van der Waals surface area contributed by atoms with Crippen LogP contribution in [0.5, 0.6) is 0 Å². The Bertz CT molecular complexity index is 985. The second-order valence-corrected chi connectivity index (χ2v) is 8.11. The van der Waals surface area contributed by atoms with Crippen molar-refractivity contribution >= 4 is 11.3 Å². The second kappa shape index (κ2) is 6.02. The lowest BCUT2D eigenvalue weighted by atomic mass is 9.67. The number of nitrogens with zero attached hydrogens (tertiary/aromatic N) is 5. The number of aryl methyl sites for hydroxylation is 1. The summed E-state index contributed by atoms with van der Waals surface area (Å²) in [5, 5.41) is 24.6. The van der Waals surface area contributed by atoms with Gasteiger partial charge in [0, 0.05) is 19.0 Å². The first kappa shape index (κ1) is 16.7. The van der Waals surface area contributed by atoms with E-state index < -0.39 is 5.60 Å². The average Bonchev–Trinajstić information content (AvgIpc) is 3.31. The van der Waals surface area contributed by atoms with Gasteiger partial charge in [-0.1, -0.05) is 30.3 Å². The molecule has 0 amide bonds. The van der Waals surface area contributed by atoms with Gasteiger partial charge in [-0.15, -0.1) is 10.2 Å². The fraction of sp³-hybridized carbons (Fsp3) is 0.476. The van der Waals surface area contributed by atoms with Crippen molar-refractivity contribution in [3.05, 3.63) is 53.5 Å². The van der Waals surface area contributed by atoms with Gasteiger partial charge >= 0.3 is 0 Å². The molecule has 27 heavy (non-hydrogen) atoms. The van der Waals surface area contributed by atoms with Crippen molar-refractivity contribution < 1.29 is 5.11 Å². The van der Waals surface area contributed by atoms with Crippen LogP contribution < -0.4 is 4.90 Å². The first-order valence-corrected chi connectivity index (χ1v) is 9.78. The summed E-state index contributed by atoms with van der Waals surface area (Å²) in [5.74, 6) is 0.712. The molecular formula is C21H25N5O. The number of aromatic nitrogens is 4. The molecule has 6 heteroatoms. The van der Waals surface area contributed by atoms with Crippen LogP contribution in [0.15, 0.2) is 36.7 Å². The van der Waals surface area contributed by atoms with E-state index in [1.54, 1.807) is 10.8 Å². The maximum Gasteiger partial charge on any atom is 0.201 e.